The van der Waals surface area contributed by atoms with Crippen molar-refractivity contribution in [2.24, 2.45) is 0 Å². The number of hydrogen-bond donors (Lipinski definition) is 0. The third-order valence-corrected chi connectivity index (χ3v) is 6.41. The van der Waals surface area contributed by atoms with E-state index in [-0.39, 0.29) is 0 Å². The van der Waals surface area contributed by atoms with Crippen molar-refractivity contribution < 1.29 is 4.43 Å². The molecule has 0 aliphatic heterocycles. The summed E-state index contributed by atoms with van der Waals surface area (Å²) < 4.78 is 6.45. The SMILES string of the molecule is CCCC[Si](C)(C)OC1=CCCCCCCCCC1. The Morgan fingerprint density at radius 3 is 2.32 bits per heavy atom. The molecule has 0 aromatic carbocycles. The van der Waals surface area contributed by atoms with Crippen LogP contribution < -0.4 is 0 Å². The van der Waals surface area contributed by atoms with E-state index in [2.05, 4.69) is 26.1 Å². The van der Waals surface area contributed by atoms with Gasteiger partial charge in [-0.1, -0.05) is 51.9 Å². The summed E-state index contributed by atoms with van der Waals surface area (Å²) in [7, 11) is -1.46. The largest absolute Gasteiger partial charge is 0.547 e. The van der Waals surface area contributed by atoms with E-state index in [0.29, 0.717) is 0 Å². The van der Waals surface area contributed by atoms with E-state index in [9.17, 15) is 0 Å². The van der Waals surface area contributed by atoms with Gasteiger partial charge in [0.15, 0.2) is 0 Å². The first-order valence-corrected chi connectivity index (χ1v) is 11.6. The number of rotatable bonds is 5. The van der Waals surface area contributed by atoms with Crippen LogP contribution in [0.4, 0.5) is 0 Å². The average Bonchev–Trinajstić information content (AvgIpc) is 2.42. The molecule has 1 aliphatic rings. The average molecular weight is 283 g/mol. The van der Waals surface area contributed by atoms with Gasteiger partial charge in [-0.05, 0) is 44.5 Å². The zero-order valence-corrected chi connectivity index (χ0v) is 14.5. The summed E-state index contributed by atoms with van der Waals surface area (Å²) in [6, 6.07) is 1.31. The lowest BCUT2D eigenvalue weighted by Gasteiger charge is -2.26. The van der Waals surface area contributed by atoms with E-state index in [0.717, 1.165) is 0 Å². The van der Waals surface area contributed by atoms with Crippen LogP contribution in [0.1, 0.15) is 77.6 Å². The number of unbranched alkanes of at least 4 members (excludes halogenated alkanes) is 1. The van der Waals surface area contributed by atoms with Crippen molar-refractivity contribution in [1.29, 1.82) is 0 Å². The molecule has 0 heterocycles. The summed E-state index contributed by atoms with van der Waals surface area (Å²) in [6.45, 7) is 7.04. The Morgan fingerprint density at radius 1 is 1.00 bits per heavy atom. The van der Waals surface area contributed by atoms with Crippen LogP contribution in [0.15, 0.2) is 11.8 Å². The molecule has 112 valence electrons. The van der Waals surface area contributed by atoms with Crippen molar-refractivity contribution in [3.05, 3.63) is 11.8 Å². The highest BCUT2D eigenvalue weighted by Crippen LogP contribution is 2.24. The minimum absolute atomic E-state index is 1.18. The van der Waals surface area contributed by atoms with Crippen molar-refractivity contribution in [2.75, 3.05) is 0 Å². The third-order valence-electron chi connectivity index (χ3n) is 4.04. The molecule has 0 fully saturated rings. The van der Waals surface area contributed by atoms with Crippen molar-refractivity contribution in [2.45, 2.75) is 96.7 Å². The first-order chi connectivity index (χ1) is 9.14. The van der Waals surface area contributed by atoms with Crippen LogP contribution >= 0.6 is 0 Å². The molecule has 19 heavy (non-hydrogen) atoms. The zero-order chi connectivity index (χ0) is 14.0. The Bertz CT molecular complexity index is 258. The van der Waals surface area contributed by atoms with Crippen LogP contribution in [-0.2, 0) is 4.43 Å². The summed E-state index contributed by atoms with van der Waals surface area (Å²) in [5, 5.41) is 0. The fraction of sp³-hybridized carbons (Fsp3) is 0.882. The minimum Gasteiger partial charge on any atom is -0.547 e. The van der Waals surface area contributed by atoms with Gasteiger partial charge in [-0.2, -0.15) is 0 Å². The Hall–Kier alpha value is -0.243. The lowest BCUT2D eigenvalue weighted by atomic mass is 10.1. The number of hydrogen-bond acceptors (Lipinski definition) is 1. The van der Waals surface area contributed by atoms with Crippen LogP contribution in [0.2, 0.25) is 19.1 Å². The molecule has 0 spiro atoms. The fourth-order valence-corrected chi connectivity index (χ4v) is 5.00. The molecular formula is C17H34OSi. The molecule has 0 N–H and O–H groups in total. The monoisotopic (exact) mass is 282 g/mol. The van der Waals surface area contributed by atoms with E-state index in [1.54, 1.807) is 0 Å². The van der Waals surface area contributed by atoms with Gasteiger partial charge in [-0.15, -0.1) is 0 Å². The van der Waals surface area contributed by atoms with Gasteiger partial charge in [0.1, 0.15) is 0 Å². The van der Waals surface area contributed by atoms with Gasteiger partial charge in [0.25, 0.3) is 0 Å². The van der Waals surface area contributed by atoms with Crippen molar-refractivity contribution >= 4 is 8.32 Å². The fourth-order valence-electron chi connectivity index (χ4n) is 2.79. The van der Waals surface area contributed by atoms with Gasteiger partial charge in [0.05, 0.1) is 5.76 Å². The van der Waals surface area contributed by atoms with Crippen molar-refractivity contribution in [3.8, 4) is 0 Å². The molecule has 1 aliphatic carbocycles. The standard InChI is InChI=1S/C17H34OSi/c1-4-5-16-19(2,3)18-17-14-12-10-8-6-7-9-11-13-15-17/h14H,4-13,15-16H2,1-3H3. The second-order valence-electron chi connectivity index (χ2n) is 6.65. The van der Waals surface area contributed by atoms with E-state index >= 15 is 0 Å². The van der Waals surface area contributed by atoms with Gasteiger partial charge in [-0.3, -0.25) is 0 Å². The maximum Gasteiger partial charge on any atom is 0.244 e. The van der Waals surface area contributed by atoms with Crippen molar-refractivity contribution in [1.82, 2.24) is 0 Å². The van der Waals surface area contributed by atoms with Gasteiger partial charge in [-0.25, -0.2) is 0 Å². The van der Waals surface area contributed by atoms with Gasteiger partial charge in [0.2, 0.25) is 8.32 Å². The van der Waals surface area contributed by atoms with E-state index < -0.39 is 8.32 Å². The zero-order valence-electron chi connectivity index (χ0n) is 13.5. The third kappa shape index (κ3) is 8.51. The molecule has 0 radical (unpaired) electrons. The lowest BCUT2D eigenvalue weighted by Crippen LogP contribution is -2.29. The van der Waals surface area contributed by atoms with Crippen LogP contribution in [0, 0.1) is 0 Å². The first kappa shape index (κ1) is 16.8. The number of allylic oxidation sites excluding steroid dienone is 2. The smallest absolute Gasteiger partial charge is 0.244 e. The molecule has 0 bridgehead atoms. The Labute approximate surface area is 122 Å². The lowest BCUT2D eigenvalue weighted by molar-refractivity contribution is 0.382. The van der Waals surface area contributed by atoms with Crippen LogP contribution in [0.25, 0.3) is 0 Å². The molecule has 0 atom stereocenters. The van der Waals surface area contributed by atoms with Crippen molar-refractivity contribution in [3.63, 3.8) is 0 Å². The summed E-state index contributed by atoms with van der Waals surface area (Å²) >= 11 is 0. The molecule has 0 aromatic rings. The first-order valence-electron chi connectivity index (χ1n) is 8.52. The second kappa shape index (κ2) is 9.63. The topological polar surface area (TPSA) is 9.23 Å². The summed E-state index contributed by atoms with van der Waals surface area (Å²) in [5.74, 6) is 1.33. The van der Waals surface area contributed by atoms with E-state index in [4.69, 9.17) is 4.43 Å². The highest BCUT2D eigenvalue weighted by molar-refractivity contribution is 6.71. The van der Waals surface area contributed by atoms with E-state index in [1.165, 1.54) is 82.4 Å². The molecular weight excluding hydrogens is 248 g/mol. The minimum atomic E-state index is -1.46. The molecule has 1 nitrogen and oxygen atoms in total. The van der Waals surface area contributed by atoms with Gasteiger partial charge in [0, 0.05) is 6.42 Å². The Balaban J connectivity index is 2.47. The molecule has 0 saturated heterocycles. The summed E-state index contributed by atoms with van der Waals surface area (Å²) in [4.78, 5) is 0. The quantitative estimate of drug-likeness (QED) is 0.529. The van der Waals surface area contributed by atoms with Gasteiger partial charge < -0.3 is 4.43 Å². The maximum absolute atomic E-state index is 6.45. The van der Waals surface area contributed by atoms with Crippen LogP contribution in [0.3, 0.4) is 0 Å². The maximum atomic E-state index is 6.45. The molecule has 2 heteroatoms. The molecule has 1 rings (SSSR count). The van der Waals surface area contributed by atoms with E-state index in [1.807, 2.05) is 0 Å². The van der Waals surface area contributed by atoms with Crippen LogP contribution in [-0.4, -0.2) is 8.32 Å². The highest BCUT2D eigenvalue weighted by atomic mass is 28.4. The predicted molar refractivity (Wildman–Crippen MR) is 87.9 cm³/mol. The van der Waals surface area contributed by atoms with Gasteiger partial charge >= 0.3 is 0 Å². The molecule has 0 unspecified atom stereocenters. The van der Waals surface area contributed by atoms with Crippen LogP contribution in [0.5, 0.6) is 0 Å². The Morgan fingerprint density at radius 2 is 1.63 bits per heavy atom. The summed E-state index contributed by atoms with van der Waals surface area (Å²) in [6.07, 6.45) is 17.2. The Kier molecular flexibility index (Phi) is 8.52. The molecule has 0 aromatic heterocycles. The molecule has 0 amide bonds. The highest BCUT2D eigenvalue weighted by Gasteiger charge is 2.24. The predicted octanol–water partition coefficient (Wildman–Crippen LogP) is 6.42. The normalized spacial score (nSPS) is 19.4. The summed E-state index contributed by atoms with van der Waals surface area (Å²) in [5.41, 5.74) is 0. The second-order valence-corrected chi connectivity index (χ2v) is 10.9. The molecule has 0 saturated carbocycles.